The monoisotopic (exact) mass is 198 g/mol. The average Bonchev–Trinajstić information content (AvgIpc) is 2.44. The predicted octanol–water partition coefficient (Wildman–Crippen LogP) is 0.719. The Morgan fingerprint density at radius 3 is 2.85 bits per heavy atom. The van der Waals surface area contributed by atoms with Crippen LogP contribution in [0.2, 0.25) is 0 Å². The van der Waals surface area contributed by atoms with Gasteiger partial charge in [0.2, 0.25) is 0 Å². The predicted molar refractivity (Wildman–Crippen MR) is 50.0 cm³/mol. The summed E-state index contributed by atoms with van der Waals surface area (Å²) >= 11 is 1.01. The maximum absolute atomic E-state index is 11.4. The highest BCUT2D eigenvalue weighted by Gasteiger charge is 2.20. The summed E-state index contributed by atoms with van der Waals surface area (Å²) in [5, 5.41) is 4.40. The third-order valence-electron chi connectivity index (χ3n) is 2.21. The quantitative estimate of drug-likeness (QED) is 0.735. The molecule has 0 radical (unpaired) electrons. The van der Waals surface area contributed by atoms with Crippen LogP contribution in [-0.4, -0.2) is 16.9 Å². The molecule has 0 atom stereocenters. The summed E-state index contributed by atoms with van der Waals surface area (Å²) < 4.78 is 0. The Hall–Kier alpha value is -1.10. The number of aromatic nitrogens is 1. The standard InChI is InChI=1S/C8H10N2O2S/c11-7(9-5-2-1-3-5)6-4-13-8(12)10-6/h4-5H,1-3H2,(H,9,11)(H,10,12). The molecule has 1 aliphatic rings. The van der Waals surface area contributed by atoms with E-state index < -0.39 is 0 Å². The van der Waals surface area contributed by atoms with Crippen molar-refractivity contribution < 1.29 is 4.79 Å². The first-order chi connectivity index (χ1) is 6.25. The van der Waals surface area contributed by atoms with Gasteiger partial charge in [-0.15, -0.1) is 0 Å². The normalized spacial score (nSPS) is 16.6. The first-order valence-electron chi connectivity index (χ1n) is 4.24. The van der Waals surface area contributed by atoms with Crippen LogP contribution >= 0.6 is 11.3 Å². The van der Waals surface area contributed by atoms with Crippen LogP contribution in [0.15, 0.2) is 10.2 Å². The van der Waals surface area contributed by atoms with Gasteiger partial charge in [0, 0.05) is 11.4 Å². The van der Waals surface area contributed by atoms with Crippen molar-refractivity contribution in [3.05, 3.63) is 20.7 Å². The summed E-state index contributed by atoms with van der Waals surface area (Å²) in [6, 6.07) is 0.316. The molecule has 1 fully saturated rings. The van der Waals surface area contributed by atoms with Crippen LogP contribution < -0.4 is 10.2 Å². The second kappa shape index (κ2) is 3.33. The van der Waals surface area contributed by atoms with Gasteiger partial charge in [-0.2, -0.15) is 0 Å². The molecule has 1 aliphatic carbocycles. The van der Waals surface area contributed by atoms with E-state index in [9.17, 15) is 9.59 Å². The number of hydrogen-bond donors (Lipinski definition) is 2. The van der Waals surface area contributed by atoms with Crippen molar-refractivity contribution in [2.75, 3.05) is 0 Å². The maximum Gasteiger partial charge on any atom is 0.305 e. The summed E-state index contributed by atoms with van der Waals surface area (Å²) in [7, 11) is 0. The minimum Gasteiger partial charge on any atom is -0.348 e. The Labute approximate surface area is 79.0 Å². The minimum absolute atomic E-state index is 0.164. The molecule has 1 aromatic heterocycles. The van der Waals surface area contributed by atoms with Crippen LogP contribution in [0.1, 0.15) is 29.8 Å². The van der Waals surface area contributed by atoms with E-state index >= 15 is 0 Å². The van der Waals surface area contributed by atoms with Crippen molar-refractivity contribution in [2.24, 2.45) is 0 Å². The lowest BCUT2D eigenvalue weighted by molar-refractivity contribution is 0.0912. The number of thiazole rings is 1. The van der Waals surface area contributed by atoms with Gasteiger partial charge >= 0.3 is 4.87 Å². The first kappa shape index (κ1) is 8.50. The molecular weight excluding hydrogens is 188 g/mol. The van der Waals surface area contributed by atoms with Crippen molar-refractivity contribution in [3.63, 3.8) is 0 Å². The fraction of sp³-hybridized carbons (Fsp3) is 0.500. The second-order valence-electron chi connectivity index (χ2n) is 3.16. The number of nitrogens with one attached hydrogen (secondary N) is 2. The van der Waals surface area contributed by atoms with Crippen molar-refractivity contribution >= 4 is 17.2 Å². The van der Waals surface area contributed by atoms with E-state index in [-0.39, 0.29) is 10.8 Å². The van der Waals surface area contributed by atoms with Crippen LogP contribution in [-0.2, 0) is 0 Å². The summed E-state index contributed by atoms with van der Waals surface area (Å²) in [5.41, 5.74) is 0.377. The number of rotatable bonds is 2. The van der Waals surface area contributed by atoms with Crippen molar-refractivity contribution in [2.45, 2.75) is 25.3 Å². The van der Waals surface area contributed by atoms with Gasteiger partial charge in [0.1, 0.15) is 5.69 Å². The van der Waals surface area contributed by atoms with Crippen molar-refractivity contribution in [3.8, 4) is 0 Å². The number of carbonyl (C=O) groups is 1. The molecule has 4 nitrogen and oxygen atoms in total. The third kappa shape index (κ3) is 1.80. The van der Waals surface area contributed by atoms with Crippen LogP contribution in [0.3, 0.4) is 0 Å². The fourth-order valence-electron chi connectivity index (χ4n) is 1.21. The molecule has 0 aromatic carbocycles. The van der Waals surface area contributed by atoms with Gasteiger partial charge in [0.25, 0.3) is 5.91 Å². The van der Waals surface area contributed by atoms with E-state index in [1.165, 1.54) is 6.42 Å². The van der Waals surface area contributed by atoms with Gasteiger partial charge in [-0.25, -0.2) is 0 Å². The third-order valence-corrected chi connectivity index (χ3v) is 2.88. The van der Waals surface area contributed by atoms with E-state index in [2.05, 4.69) is 10.3 Å². The molecule has 0 saturated heterocycles. The molecule has 2 rings (SSSR count). The Morgan fingerprint density at radius 2 is 2.38 bits per heavy atom. The zero-order valence-electron chi connectivity index (χ0n) is 7.00. The lowest BCUT2D eigenvalue weighted by Gasteiger charge is -2.25. The average molecular weight is 198 g/mol. The number of H-pyrrole nitrogens is 1. The van der Waals surface area contributed by atoms with E-state index in [0.29, 0.717) is 11.7 Å². The molecule has 1 amide bonds. The number of carbonyl (C=O) groups excluding carboxylic acids is 1. The van der Waals surface area contributed by atoms with Gasteiger partial charge in [-0.05, 0) is 19.3 Å². The Morgan fingerprint density at radius 1 is 1.62 bits per heavy atom. The van der Waals surface area contributed by atoms with Gasteiger partial charge < -0.3 is 10.3 Å². The molecule has 0 aliphatic heterocycles. The zero-order chi connectivity index (χ0) is 9.26. The minimum atomic E-state index is -0.182. The van der Waals surface area contributed by atoms with Crippen molar-refractivity contribution in [1.82, 2.24) is 10.3 Å². The van der Waals surface area contributed by atoms with E-state index in [0.717, 1.165) is 24.2 Å². The highest BCUT2D eigenvalue weighted by atomic mass is 32.1. The highest BCUT2D eigenvalue weighted by molar-refractivity contribution is 7.07. The van der Waals surface area contributed by atoms with Crippen LogP contribution in [0.4, 0.5) is 0 Å². The maximum atomic E-state index is 11.4. The van der Waals surface area contributed by atoms with Crippen LogP contribution in [0.25, 0.3) is 0 Å². The SMILES string of the molecule is O=C(NC1CCC1)c1csc(=O)[nH]1. The van der Waals surface area contributed by atoms with Crippen LogP contribution in [0, 0.1) is 0 Å². The molecule has 1 aromatic rings. The van der Waals surface area contributed by atoms with E-state index in [1.54, 1.807) is 5.38 Å². The highest BCUT2D eigenvalue weighted by Crippen LogP contribution is 2.18. The Kier molecular flexibility index (Phi) is 2.18. The number of hydrogen-bond acceptors (Lipinski definition) is 3. The Bertz CT molecular complexity index is 364. The molecule has 0 bridgehead atoms. The summed E-state index contributed by atoms with van der Waals surface area (Å²) in [6.07, 6.45) is 3.30. The topological polar surface area (TPSA) is 62.0 Å². The largest absolute Gasteiger partial charge is 0.348 e. The van der Waals surface area contributed by atoms with Crippen molar-refractivity contribution in [1.29, 1.82) is 0 Å². The fourth-order valence-corrected chi connectivity index (χ4v) is 1.77. The van der Waals surface area contributed by atoms with Gasteiger partial charge in [-0.3, -0.25) is 9.59 Å². The summed E-state index contributed by atoms with van der Waals surface area (Å²) in [5.74, 6) is -0.164. The molecule has 2 N–H and O–H groups in total. The van der Waals surface area contributed by atoms with E-state index in [1.807, 2.05) is 0 Å². The van der Waals surface area contributed by atoms with Gasteiger partial charge in [0.15, 0.2) is 0 Å². The summed E-state index contributed by atoms with van der Waals surface area (Å²) in [6.45, 7) is 0. The molecular formula is C8H10N2O2S. The molecule has 1 saturated carbocycles. The molecule has 1 heterocycles. The molecule has 5 heteroatoms. The molecule has 70 valence electrons. The van der Waals surface area contributed by atoms with Crippen LogP contribution in [0.5, 0.6) is 0 Å². The Balaban J connectivity index is 2.00. The number of aromatic amines is 1. The lowest BCUT2D eigenvalue weighted by Crippen LogP contribution is -2.39. The first-order valence-corrected chi connectivity index (χ1v) is 5.12. The molecule has 0 spiro atoms. The molecule has 13 heavy (non-hydrogen) atoms. The van der Waals surface area contributed by atoms with Gasteiger partial charge in [-0.1, -0.05) is 11.3 Å². The molecule has 0 unspecified atom stereocenters. The zero-order valence-corrected chi connectivity index (χ0v) is 7.82. The summed E-state index contributed by atoms with van der Waals surface area (Å²) in [4.78, 5) is 24.4. The second-order valence-corrected chi connectivity index (χ2v) is 4.01. The smallest absolute Gasteiger partial charge is 0.305 e. The van der Waals surface area contributed by atoms with E-state index in [4.69, 9.17) is 0 Å². The lowest BCUT2D eigenvalue weighted by atomic mass is 9.93. The van der Waals surface area contributed by atoms with Gasteiger partial charge in [0.05, 0.1) is 0 Å². The number of amides is 1.